The van der Waals surface area contributed by atoms with Crippen molar-refractivity contribution in [1.82, 2.24) is 9.62 Å². The van der Waals surface area contributed by atoms with Gasteiger partial charge in [-0.25, -0.2) is 13.1 Å². The Morgan fingerprint density at radius 1 is 1.27 bits per heavy atom. The van der Waals surface area contributed by atoms with Gasteiger partial charge in [0, 0.05) is 18.6 Å². The number of likely N-dealkylation sites (tertiary alicyclic amines) is 1. The Hall–Kier alpha value is -1.70. The van der Waals surface area contributed by atoms with E-state index in [4.69, 9.17) is 0 Å². The van der Waals surface area contributed by atoms with Crippen molar-refractivity contribution in [3.8, 4) is 0 Å². The molecule has 1 aliphatic heterocycles. The molecule has 1 aromatic heterocycles. The van der Waals surface area contributed by atoms with E-state index in [0.717, 1.165) is 17.5 Å². The highest BCUT2D eigenvalue weighted by Crippen LogP contribution is 2.39. The van der Waals surface area contributed by atoms with Gasteiger partial charge in [-0.15, -0.1) is 11.3 Å². The summed E-state index contributed by atoms with van der Waals surface area (Å²) in [5.74, 6) is 0.346. The first-order valence-electron chi connectivity index (χ1n) is 8.83. The van der Waals surface area contributed by atoms with Crippen LogP contribution in [0.2, 0.25) is 0 Å². The number of fused-ring (bicyclic) bond motifs is 2. The fourth-order valence-electron chi connectivity index (χ4n) is 4.18. The second-order valence-corrected chi connectivity index (χ2v) is 10.1. The molecule has 1 aliphatic carbocycles. The summed E-state index contributed by atoms with van der Waals surface area (Å²) in [5, 5.41) is 1.76. The Bertz CT molecular complexity index is 909. The van der Waals surface area contributed by atoms with E-state index in [2.05, 4.69) is 4.72 Å². The van der Waals surface area contributed by atoms with Gasteiger partial charge in [-0.2, -0.15) is 0 Å². The fraction of sp³-hybridized carbons (Fsp3) is 0.421. The summed E-state index contributed by atoms with van der Waals surface area (Å²) in [5.41, 5.74) is 2.19. The average Bonchev–Trinajstić information content (AvgIpc) is 3.31. The average molecular weight is 391 g/mol. The van der Waals surface area contributed by atoms with Gasteiger partial charge in [0.25, 0.3) is 0 Å². The molecule has 0 radical (unpaired) electrons. The Morgan fingerprint density at radius 2 is 2.12 bits per heavy atom. The van der Waals surface area contributed by atoms with Crippen LogP contribution in [0.1, 0.15) is 24.0 Å². The molecule has 5 nitrogen and oxygen atoms in total. The number of carbonyl (C=O) groups is 1. The summed E-state index contributed by atoms with van der Waals surface area (Å²) in [6.07, 6.45) is 2.00. The lowest BCUT2D eigenvalue weighted by atomic mass is 10.0. The van der Waals surface area contributed by atoms with Gasteiger partial charge in [0.1, 0.15) is 4.21 Å². The molecule has 1 amide bonds. The molecule has 7 heteroatoms. The molecule has 1 aromatic carbocycles. The second-order valence-electron chi connectivity index (χ2n) is 7.26. The summed E-state index contributed by atoms with van der Waals surface area (Å²) in [6, 6.07) is 11.5. The maximum atomic E-state index is 12.7. The molecule has 1 saturated carbocycles. The maximum Gasteiger partial charge on any atom is 0.250 e. The third-order valence-corrected chi connectivity index (χ3v) is 8.25. The molecule has 2 aliphatic rings. The maximum absolute atomic E-state index is 12.7. The highest BCUT2D eigenvalue weighted by Gasteiger charge is 2.47. The Morgan fingerprint density at radius 3 is 2.77 bits per heavy atom. The van der Waals surface area contributed by atoms with Gasteiger partial charge >= 0.3 is 0 Å². The lowest BCUT2D eigenvalue weighted by molar-refractivity contribution is -0.132. The molecular weight excluding hydrogens is 368 g/mol. The van der Waals surface area contributed by atoms with E-state index in [1.54, 1.807) is 17.5 Å². The van der Waals surface area contributed by atoms with E-state index in [9.17, 15) is 13.2 Å². The first-order chi connectivity index (χ1) is 12.4. The largest absolute Gasteiger partial charge is 0.339 e. The number of nitrogens with one attached hydrogen (secondary N) is 1. The highest BCUT2D eigenvalue weighted by molar-refractivity contribution is 7.91. The molecule has 1 saturated heterocycles. The van der Waals surface area contributed by atoms with Crippen molar-refractivity contribution >= 4 is 27.3 Å². The highest BCUT2D eigenvalue weighted by atomic mass is 32.2. The van der Waals surface area contributed by atoms with Gasteiger partial charge in [-0.3, -0.25) is 4.79 Å². The third kappa shape index (κ3) is 3.43. The molecule has 0 spiro atoms. The predicted molar refractivity (Wildman–Crippen MR) is 102 cm³/mol. The molecule has 2 bridgehead atoms. The molecule has 0 unspecified atom stereocenters. The van der Waals surface area contributed by atoms with Crippen LogP contribution >= 0.6 is 11.3 Å². The lowest BCUT2D eigenvalue weighted by Crippen LogP contribution is -2.47. The zero-order chi connectivity index (χ0) is 18.3. The number of hydrogen-bond donors (Lipinski definition) is 1. The smallest absolute Gasteiger partial charge is 0.250 e. The van der Waals surface area contributed by atoms with Gasteiger partial charge in [-0.1, -0.05) is 35.9 Å². The Kier molecular flexibility index (Phi) is 4.62. The number of aryl methyl sites for hydroxylation is 1. The van der Waals surface area contributed by atoms with Gasteiger partial charge in [0.05, 0.1) is 6.42 Å². The monoisotopic (exact) mass is 390 g/mol. The van der Waals surface area contributed by atoms with E-state index in [1.807, 2.05) is 36.1 Å². The minimum Gasteiger partial charge on any atom is -0.339 e. The number of nitrogens with zero attached hydrogens (tertiary/aromatic N) is 1. The zero-order valence-corrected chi connectivity index (χ0v) is 16.2. The van der Waals surface area contributed by atoms with Crippen LogP contribution in [-0.4, -0.2) is 37.9 Å². The summed E-state index contributed by atoms with van der Waals surface area (Å²) >= 11 is 1.23. The van der Waals surface area contributed by atoms with Gasteiger partial charge < -0.3 is 4.90 Å². The van der Waals surface area contributed by atoms with E-state index in [0.29, 0.717) is 23.6 Å². The topological polar surface area (TPSA) is 66.5 Å². The number of benzene rings is 1. The number of piperidine rings is 1. The SMILES string of the molecule is Cc1cccc(CC(=O)N2C[C@@H]3C[C@H]2C[C@@H]3NS(=O)(=O)c2cccs2)c1. The minimum atomic E-state index is -3.45. The van der Waals surface area contributed by atoms with E-state index in [-0.39, 0.29) is 23.9 Å². The van der Waals surface area contributed by atoms with Crippen molar-refractivity contribution in [2.75, 3.05) is 6.54 Å². The minimum absolute atomic E-state index is 0.0740. The summed E-state index contributed by atoms with van der Waals surface area (Å²) in [7, 11) is -3.45. The number of rotatable bonds is 5. The molecule has 2 heterocycles. The van der Waals surface area contributed by atoms with Crippen molar-refractivity contribution in [3.63, 3.8) is 0 Å². The predicted octanol–water partition coefficient (Wildman–Crippen LogP) is 2.57. The van der Waals surface area contributed by atoms with E-state index < -0.39 is 10.0 Å². The zero-order valence-electron chi connectivity index (χ0n) is 14.6. The molecule has 2 aromatic rings. The quantitative estimate of drug-likeness (QED) is 0.853. The van der Waals surface area contributed by atoms with Gasteiger partial charge in [0.2, 0.25) is 15.9 Å². The van der Waals surface area contributed by atoms with E-state index >= 15 is 0 Å². The lowest BCUT2D eigenvalue weighted by Gasteiger charge is -2.32. The number of thiophene rings is 1. The van der Waals surface area contributed by atoms with Crippen LogP contribution in [-0.2, 0) is 21.2 Å². The summed E-state index contributed by atoms with van der Waals surface area (Å²) in [6.45, 7) is 2.67. The summed E-state index contributed by atoms with van der Waals surface area (Å²) < 4.78 is 28.1. The normalized spacial score (nSPS) is 25.0. The van der Waals surface area contributed by atoms with Crippen LogP contribution < -0.4 is 4.72 Å². The molecule has 2 fully saturated rings. The number of sulfonamides is 1. The van der Waals surface area contributed by atoms with E-state index in [1.165, 1.54) is 11.3 Å². The van der Waals surface area contributed by atoms with Crippen molar-refractivity contribution in [1.29, 1.82) is 0 Å². The van der Waals surface area contributed by atoms with Crippen molar-refractivity contribution in [2.45, 2.75) is 42.5 Å². The van der Waals surface area contributed by atoms with Crippen LogP contribution in [0.4, 0.5) is 0 Å². The van der Waals surface area contributed by atoms with Crippen LogP contribution in [0.5, 0.6) is 0 Å². The molecule has 1 N–H and O–H groups in total. The Labute approximate surface area is 158 Å². The van der Waals surface area contributed by atoms with Crippen LogP contribution in [0.25, 0.3) is 0 Å². The molecule has 3 atom stereocenters. The number of amides is 1. The van der Waals surface area contributed by atoms with Gasteiger partial charge in [0.15, 0.2) is 0 Å². The fourth-order valence-corrected chi connectivity index (χ4v) is 6.50. The Balaban J connectivity index is 1.38. The molecule has 4 rings (SSSR count). The molecular formula is C19H22N2O3S2. The van der Waals surface area contributed by atoms with Crippen LogP contribution in [0.3, 0.4) is 0 Å². The van der Waals surface area contributed by atoms with Crippen LogP contribution in [0, 0.1) is 12.8 Å². The summed E-state index contributed by atoms with van der Waals surface area (Å²) in [4.78, 5) is 14.6. The van der Waals surface area contributed by atoms with Gasteiger partial charge in [-0.05, 0) is 42.7 Å². The van der Waals surface area contributed by atoms with Crippen LogP contribution in [0.15, 0.2) is 46.0 Å². The molecule has 26 heavy (non-hydrogen) atoms. The number of carbonyl (C=O) groups excluding carboxylic acids is 1. The second kappa shape index (κ2) is 6.79. The third-order valence-electron chi connectivity index (χ3n) is 5.37. The molecule has 138 valence electrons. The standard InChI is InChI=1S/C19H22N2O3S2/c1-13-4-2-5-14(8-13)9-18(22)21-12-15-10-16(21)11-17(15)20-26(23,24)19-6-3-7-25-19/h2-8,15-17,20H,9-12H2,1H3/t15-,16-,17-/m0/s1. The van der Waals surface area contributed by atoms with Crippen molar-refractivity contribution in [2.24, 2.45) is 5.92 Å². The van der Waals surface area contributed by atoms with Crippen molar-refractivity contribution < 1.29 is 13.2 Å². The first-order valence-corrected chi connectivity index (χ1v) is 11.2. The van der Waals surface area contributed by atoms with Crippen molar-refractivity contribution in [3.05, 3.63) is 52.9 Å². The number of hydrogen-bond acceptors (Lipinski definition) is 4. The first kappa shape index (κ1) is 17.7.